The first-order chi connectivity index (χ1) is 7.25. The van der Waals surface area contributed by atoms with Gasteiger partial charge in [-0.15, -0.1) is 0 Å². The molecule has 0 aromatic carbocycles. The predicted octanol–water partition coefficient (Wildman–Crippen LogP) is 2.40. The van der Waals surface area contributed by atoms with Gasteiger partial charge in [-0.25, -0.2) is 4.98 Å². The van der Waals surface area contributed by atoms with E-state index in [1.54, 1.807) is 0 Å². The van der Waals surface area contributed by atoms with Crippen molar-refractivity contribution < 1.29 is 0 Å². The first kappa shape index (κ1) is 9.63. The molecule has 0 fully saturated rings. The van der Waals surface area contributed by atoms with Gasteiger partial charge in [0.2, 0.25) is 0 Å². The highest BCUT2D eigenvalue weighted by Gasteiger charge is 2.17. The maximum atomic E-state index is 6.15. The number of rotatable bonds is 0. The molecule has 78 valence electrons. The Morgan fingerprint density at radius 1 is 1.53 bits per heavy atom. The van der Waals surface area contributed by atoms with Gasteiger partial charge in [-0.2, -0.15) is 0 Å². The number of nitrogens with one attached hydrogen (secondary N) is 1. The molecule has 3 heterocycles. The number of imidazole rings is 1. The van der Waals surface area contributed by atoms with Gasteiger partial charge < -0.3 is 9.72 Å². The summed E-state index contributed by atoms with van der Waals surface area (Å²) < 4.78 is 3.04. The van der Waals surface area contributed by atoms with Crippen LogP contribution in [-0.2, 0) is 13.0 Å². The van der Waals surface area contributed by atoms with Gasteiger partial charge in [0.15, 0.2) is 5.65 Å². The first-order valence-electron chi connectivity index (χ1n) is 4.81. The highest BCUT2D eigenvalue weighted by Crippen LogP contribution is 2.25. The van der Waals surface area contributed by atoms with Gasteiger partial charge in [0.05, 0.1) is 16.4 Å². The number of nitrogens with zero attached hydrogens (tertiary/aromatic N) is 2. The fourth-order valence-electron chi connectivity index (χ4n) is 1.97. The van der Waals surface area contributed by atoms with Crippen LogP contribution in [0, 0.1) is 0 Å². The number of hydrogen-bond acceptors (Lipinski definition) is 2. The second kappa shape index (κ2) is 3.47. The molecule has 0 atom stereocenters. The number of halogens is 2. The first-order valence-corrected chi connectivity index (χ1v) is 5.98. The van der Waals surface area contributed by atoms with Gasteiger partial charge in [0, 0.05) is 30.2 Å². The lowest BCUT2D eigenvalue weighted by atomic mass is 10.2. The molecule has 5 heteroatoms. The normalized spacial score (nSPS) is 15.6. The van der Waals surface area contributed by atoms with E-state index in [9.17, 15) is 0 Å². The zero-order valence-corrected chi connectivity index (χ0v) is 10.3. The Morgan fingerprint density at radius 3 is 3.27 bits per heavy atom. The van der Waals surface area contributed by atoms with E-state index in [1.807, 2.05) is 12.3 Å². The average molecular weight is 287 g/mol. The lowest BCUT2D eigenvalue weighted by Gasteiger charge is -2.12. The van der Waals surface area contributed by atoms with Crippen molar-refractivity contribution in [3.05, 3.63) is 33.1 Å². The third-order valence-corrected chi connectivity index (χ3v) is 3.37. The van der Waals surface area contributed by atoms with Gasteiger partial charge in [0.1, 0.15) is 0 Å². The van der Waals surface area contributed by atoms with Crippen LogP contribution in [0.25, 0.3) is 5.65 Å². The minimum atomic E-state index is 0.693. The topological polar surface area (TPSA) is 29.3 Å². The van der Waals surface area contributed by atoms with Crippen LogP contribution in [-0.4, -0.2) is 15.9 Å². The Hall–Kier alpha value is -0.580. The van der Waals surface area contributed by atoms with Crippen LogP contribution in [0.5, 0.6) is 0 Å². The molecule has 2 aromatic rings. The van der Waals surface area contributed by atoms with Crippen LogP contribution in [0.4, 0.5) is 0 Å². The fourth-order valence-corrected chi connectivity index (χ4v) is 2.78. The van der Waals surface area contributed by atoms with Gasteiger partial charge >= 0.3 is 0 Å². The van der Waals surface area contributed by atoms with Gasteiger partial charge in [-0.1, -0.05) is 11.6 Å². The number of aromatic nitrogens is 2. The van der Waals surface area contributed by atoms with Crippen LogP contribution in [0.15, 0.2) is 16.7 Å². The van der Waals surface area contributed by atoms with Crippen LogP contribution in [0.1, 0.15) is 11.4 Å². The molecule has 0 bridgehead atoms. The molecule has 1 aliphatic rings. The lowest BCUT2D eigenvalue weighted by molar-refractivity contribution is 0.621. The Bertz CT molecular complexity index is 535. The van der Waals surface area contributed by atoms with Crippen molar-refractivity contribution in [1.29, 1.82) is 0 Å². The molecule has 1 N–H and O–H groups in total. The summed E-state index contributed by atoms with van der Waals surface area (Å²) in [7, 11) is 0. The summed E-state index contributed by atoms with van der Waals surface area (Å²) in [4.78, 5) is 4.56. The Labute approximate surface area is 101 Å². The minimum absolute atomic E-state index is 0.693. The number of hydrogen-bond donors (Lipinski definition) is 1. The smallest absolute Gasteiger partial charge is 0.156 e. The molecule has 0 unspecified atom stereocenters. The largest absolute Gasteiger partial charge is 0.311 e. The van der Waals surface area contributed by atoms with E-state index in [-0.39, 0.29) is 0 Å². The Kier molecular flexibility index (Phi) is 2.23. The SMILES string of the molecule is Clc1cc(Br)cn2c3c(nc12)CCNC3. The second-order valence-corrected chi connectivity index (χ2v) is 4.95. The maximum Gasteiger partial charge on any atom is 0.156 e. The molecule has 0 saturated heterocycles. The molecule has 0 saturated carbocycles. The summed E-state index contributed by atoms with van der Waals surface area (Å²) in [5.41, 5.74) is 3.24. The van der Waals surface area contributed by atoms with E-state index in [0.717, 1.165) is 35.3 Å². The van der Waals surface area contributed by atoms with Crippen LogP contribution >= 0.6 is 27.5 Å². The summed E-state index contributed by atoms with van der Waals surface area (Å²) in [6, 6.07) is 1.88. The van der Waals surface area contributed by atoms with E-state index < -0.39 is 0 Å². The third-order valence-electron chi connectivity index (χ3n) is 2.65. The van der Waals surface area contributed by atoms with E-state index in [0.29, 0.717) is 5.02 Å². The fraction of sp³-hybridized carbons (Fsp3) is 0.300. The molecule has 1 aliphatic heterocycles. The van der Waals surface area contributed by atoms with Crippen LogP contribution in [0.3, 0.4) is 0 Å². The van der Waals surface area contributed by atoms with Crippen molar-refractivity contribution >= 4 is 33.2 Å². The summed E-state index contributed by atoms with van der Waals surface area (Å²) in [5, 5.41) is 4.03. The van der Waals surface area contributed by atoms with E-state index >= 15 is 0 Å². The Morgan fingerprint density at radius 2 is 2.40 bits per heavy atom. The average Bonchev–Trinajstić information content (AvgIpc) is 2.57. The zero-order valence-electron chi connectivity index (χ0n) is 7.93. The quantitative estimate of drug-likeness (QED) is 0.806. The Balaban J connectivity index is 2.37. The molecule has 0 radical (unpaired) electrons. The van der Waals surface area contributed by atoms with Gasteiger partial charge in [-0.05, 0) is 22.0 Å². The molecule has 15 heavy (non-hydrogen) atoms. The summed E-state index contributed by atoms with van der Waals surface area (Å²) in [6.07, 6.45) is 2.99. The second-order valence-electron chi connectivity index (χ2n) is 3.63. The summed E-state index contributed by atoms with van der Waals surface area (Å²) in [6.45, 7) is 1.86. The summed E-state index contributed by atoms with van der Waals surface area (Å²) >= 11 is 9.59. The highest BCUT2D eigenvalue weighted by atomic mass is 79.9. The molecular weight excluding hydrogens is 277 g/mol. The number of fused-ring (bicyclic) bond motifs is 3. The van der Waals surface area contributed by atoms with Crippen molar-refractivity contribution in [3.63, 3.8) is 0 Å². The molecule has 0 spiro atoms. The van der Waals surface area contributed by atoms with Gasteiger partial charge in [-0.3, -0.25) is 0 Å². The summed E-state index contributed by atoms with van der Waals surface area (Å²) in [5.74, 6) is 0. The van der Waals surface area contributed by atoms with Gasteiger partial charge in [0.25, 0.3) is 0 Å². The van der Waals surface area contributed by atoms with E-state index in [4.69, 9.17) is 11.6 Å². The molecular formula is C10H9BrClN3. The number of pyridine rings is 1. The van der Waals surface area contributed by atoms with Crippen molar-refractivity contribution in [2.45, 2.75) is 13.0 Å². The molecule has 2 aromatic heterocycles. The minimum Gasteiger partial charge on any atom is -0.311 e. The standard InChI is InChI=1S/C10H9BrClN3/c11-6-3-7(12)10-14-8-1-2-13-4-9(8)15(10)5-6/h3,5,13H,1-2,4H2. The zero-order chi connectivity index (χ0) is 10.4. The van der Waals surface area contributed by atoms with Crippen molar-refractivity contribution in [1.82, 2.24) is 14.7 Å². The van der Waals surface area contributed by atoms with Crippen molar-refractivity contribution in [2.24, 2.45) is 0 Å². The molecule has 3 nitrogen and oxygen atoms in total. The van der Waals surface area contributed by atoms with Crippen LogP contribution in [0.2, 0.25) is 5.02 Å². The monoisotopic (exact) mass is 285 g/mol. The predicted molar refractivity (Wildman–Crippen MR) is 63.3 cm³/mol. The van der Waals surface area contributed by atoms with E-state index in [1.165, 1.54) is 5.69 Å². The van der Waals surface area contributed by atoms with Crippen molar-refractivity contribution in [3.8, 4) is 0 Å². The molecule has 0 aliphatic carbocycles. The maximum absolute atomic E-state index is 6.15. The third kappa shape index (κ3) is 1.48. The van der Waals surface area contributed by atoms with Crippen LogP contribution < -0.4 is 5.32 Å². The molecule has 0 amide bonds. The highest BCUT2D eigenvalue weighted by molar-refractivity contribution is 9.10. The lowest BCUT2D eigenvalue weighted by Crippen LogP contribution is -2.24. The van der Waals surface area contributed by atoms with E-state index in [2.05, 4.69) is 30.6 Å². The molecule has 3 rings (SSSR count). The van der Waals surface area contributed by atoms with Crippen molar-refractivity contribution in [2.75, 3.05) is 6.54 Å².